The molecule has 2 heterocycles. The van der Waals surface area contributed by atoms with Crippen molar-refractivity contribution in [1.29, 1.82) is 0 Å². The summed E-state index contributed by atoms with van der Waals surface area (Å²) >= 11 is 1.56. The lowest BCUT2D eigenvalue weighted by Gasteiger charge is -2.11. The molecule has 0 spiro atoms. The molecule has 0 aliphatic carbocycles. The highest BCUT2D eigenvalue weighted by molar-refractivity contribution is 7.15. The van der Waals surface area contributed by atoms with E-state index in [1.165, 1.54) is 0 Å². The lowest BCUT2D eigenvalue weighted by Crippen LogP contribution is -2.28. The highest BCUT2D eigenvalue weighted by Crippen LogP contribution is 2.28. The van der Waals surface area contributed by atoms with Crippen LogP contribution in [-0.4, -0.2) is 16.8 Å². The summed E-state index contributed by atoms with van der Waals surface area (Å²) in [6.07, 6.45) is 2.02. The van der Waals surface area contributed by atoms with Crippen LogP contribution < -0.4 is 10.6 Å². The second-order valence-electron chi connectivity index (χ2n) is 6.09. The molecule has 4 rings (SSSR count). The topological polar surface area (TPSA) is 71.1 Å². The smallest absolute Gasteiger partial charge is 0.252 e. The molecule has 130 valence electrons. The number of carbonyl (C=O) groups is 2. The summed E-state index contributed by atoms with van der Waals surface area (Å²) in [7, 11) is 0. The number of thiazole rings is 1. The van der Waals surface area contributed by atoms with Gasteiger partial charge in [0.1, 0.15) is 5.01 Å². The second kappa shape index (κ2) is 7.09. The summed E-state index contributed by atoms with van der Waals surface area (Å²) < 4.78 is 0. The summed E-state index contributed by atoms with van der Waals surface area (Å²) in [4.78, 5) is 29.6. The molecule has 0 unspecified atom stereocenters. The van der Waals surface area contributed by atoms with Gasteiger partial charge in [-0.05, 0) is 11.6 Å². The van der Waals surface area contributed by atoms with Gasteiger partial charge < -0.3 is 10.6 Å². The summed E-state index contributed by atoms with van der Waals surface area (Å²) in [5.74, 6) is -0.213. The third kappa shape index (κ3) is 3.36. The van der Waals surface area contributed by atoms with E-state index in [0.29, 0.717) is 12.1 Å². The largest absolute Gasteiger partial charge is 0.351 e. The van der Waals surface area contributed by atoms with Crippen molar-refractivity contribution in [3.63, 3.8) is 0 Å². The third-order valence-corrected chi connectivity index (χ3v) is 5.36. The zero-order valence-corrected chi connectivity index (χ0v) is 14.8. The quantitative estimate of drug-likeness (QED) is 0.731. The number of hydrogen-bond acceptors (Lipinski definition) is 4. The molecule has 1 atom stereocenters. The zero-order valence-electron chi connectivity index (χ0n) is 13.9. The van der Waals surface area contributed by atoms with Crippen LogP contribution in [-0.2, 0) is 11.3 Å². The number of nitrogens with zero attached hydrogens (tertiary/aromatic N) is 1. The van der Waals surface area contributed by atoms with Gasteiger partial charge in [-0.25, -0.2) is 4.98 Å². The van der Waals surface area contributed by atoms with Crippen molar-refractivity contribution < 1.29 is 9.59 Å². The van der Waals surface area contributed by atoms with Crippen molar-refractivity contribution >= 4 is 23.2 Å². The van der Waals surface area contributed by atoms with E-state index in [1.54, 1.807) is 23.6 Å². The lowest BCUT2D eigenvalue weighted by molar-refractivity contribution is -0.121. The van der Waals surface area contributed by atoms with E-state index in [2.05, 4.69) is 15.6 Å². The minimum absolute atomic E-state index is 0.0957. The Morgan fingerprint density at radius 3 is 2.73 bits per heavy atom. The maximum absolute atomic E-state index is 12.3. The van der Waals surface area contributed by atoms with Crippen LogP contribution >= 0.6 is 11.3 Å². The predicted octanol–water partition coefficient (Wildman–Crippen LogP) is 3.30. The number of hydrogen-bond donors (Lipinski definition) is 2. The first-order valence-electron chi connectivity index (χ1n) is 8.37. The first-order chi connectivity index (χ1) is 12.7. The maximum atomic E-state index is 12.3. The van der Waals surface area contributed by atoms with Crippen LogP contribution in [0.4, 0.5) is 0 Å². The molecule has 26 heavy (non-hydrogen) atoms. The van der Waals surface area contributed by atoms with E-state index in [-0.39, 0.29) is 24.3 Å². The van der Waals surface area contributed by atoms with Crippen molar-refractivity contribution in [2.45, 2.75) is 19.0 Å². The van der Waals surface area contributed by atoms with E-state index in [4.69, 9.17) is 0 Å². The van der Waals surface area contributed by atoms with Gasteiger partial charge in [0.15, 0.2) is 0 Å². The highest BCUT2D eigenvalue weighted by Gasteiger charge is 2.29. The maximum Gasteiger partial charge on any atom is 0.252 e. The van der Waals surface area contributed by atoms with Gasteiger partial charge in [0, 0.05) is 22.2 Å². The number of fused-ring (bicyclic) bond motifs is 1. The number of benzene rings is 2. The number of carbonyl (C=O) groups excluding carboxylic acids is 2. The van der Waals surface area contributed by atoms with Crippen LogP contribution in [0.2, 0.25) is 0 Å². The van der Waals surface area contributed by atoms with Crippen molar-refractivity contribution in [3.05, 3.63) is 76.8 Å². The molecule has 1 aliphatic heterocycles. The molecular weight excluding hydrogens is 346 g/mol. The van der Waals surface area contributed by atoms with Gasteiger partial charge in [0.05, 0.1) is 19.0 Å². The van der Waals surface area contributed by atoms with E-state index in [9.17, 15) is 9.59 Å². The van der Waals surface area contributed by atoms with Gasteiger partial charge in [-0.1, -0.05) is 48.5 Å². The van der Waals surface area contributed by atoms with E-state index >= 15 is 0 Å². The van der Waals surface area contributed by atoms with Crippen LogP contribution in [0.1, 0.15) is 33.3 Å². The molecule has 0 saturated carbocycles. The van der Waals surface area contributed by atoms with Gasteiger partial charge in [-0.3, -0.25) is 9.59 Å². The Kier molecular flexibility index (Phi) is 4.50. The number of amides is 2. The molecule has 0 saturated heterocycles. The number of aromatic nitrogens is 1. The standard InChI is InChI=1S/C20H17N3O2S/c24-18(10-17-15-8-4-5-9-16(15)19(25)23-17)21-11-14-12-22-20(26-14)13-6-2-1-3-7-13/h1-9,12,17H,10-11H2,(H,21,24)(H,23,25)/t17-/m1/s1. The fourth-order valence-corrected chi connectivity index (χ4v) is 3.89. The fourth-order valence-electron chi connectivity index (χ4n) is 3.03. The Hall–Kier alpha value is -2.99. The normalized spacial score (nSPS) is 15.4. The molecule has 6 heteroatoms. The average molecular weight is 363 g/mol. The minimum Gasteiger partial charge on any atom is -0.351 e. The lowest BCUT2D eigenvalue weighted by atomic mass is 10.0. The number of rotatable bonds is 5. The van der Waals surface area contributed by atoms with E-state index in [0.717, 1.165) is 21.0 Å². The molecule has 3 aromatic rings. The van der Waals surface area contributed by atoms with Crippen LogP contribution in [0.15, 0.2) is 60.8 Å². The van der Waals surface area contributed by atoms with Crippen LogP contribution in [0.25, 0.3) is 10.6 Å². The fraction of sp³-hybridized carbons (Fsp3) is 0.150. The molecule has 0 fully saturated rings. The minimum atomic E-state index is -0.264. The van der Waals surface area contributed by atoms with Crippen LogP contribution in [0.3, 0.4) is 0 Å². The third-order valence-electron chi connectivity index (χ3n) is 4.31. The molecular formula is C20H17N3O2S. The molecule has 0 bridgehead atoms. The van der Waals surface area contributed by atoms with Crippen LogP contribution in [0.5, 0.6) is 0 Å². The van der Waals surface area contributed by atoms with Gasteiger partial charge in [0.2, 0.25) is 5.91 Å². The van der Waals surface area contributed by atoms with Gasteiger partial charge in [-0.2, -0.15) is 0 Å². The molecule has 2 aromatic carbocycles. The summed E-state index contributed by atoms with van der Waals surface area (Å²) in [5, 5.41) is 6.72. The highest BCUT2D eigenvalue weighted by atomic mass is 32.1. The molecule has 5 nitrogen and oxygen atoms in total. The first kappa shape index (κ1) is 16.5. The Morgan fingerprint density at radius 1 is 1.12 bits per heavy atom. The summed E-state index contributed by atoms with van der Waals surface area (Å²) in [6, 6.07) is 17.1. The Balaban J connectivity index is 1.35. The van der Waals surface area contributed by atoms with Crippen molar-refractivity contribution in [2.75, 3.05) is 0 Å². The second-order valence-corrected chi connectivity index (χ2v) is 7.21. The van der Waals surface area contributed by atoms with Crippen molar-refractivity contribution in [2.24, 2.45) is 0 Å². The van der Waals surface area contributed by atoms with Gasteiger partial charge >= 0.3 is 0 Å². The molecule has 1 aliphatic rings. The zero-order chi connectivity index (χ0) is 17.9. The first-order valence-corrected chi connectivity index (χ1v) is 9.19. The molecule has 1 aromatic heterocycles. The van der Waals surface area contributed by atoms with Crippen molar-refractivity contribution in [1.82, 2.24) is 15.6 Å². The van der Waals surface area contributed by atoms with E-state index in [1.807, 2.05) is 48.5 Å². The van der Waals surface area contributed by atoms with E-state index < -0.39 is 0 Å². The monoisotopic (exact) mass is 363 g/mol. The summed E-state index contributed by atoms with van der Waals surface area (Å²) in [6.45, 7) is 0.436. The predicted molar refractivity (Wildman–Crippen MR) is 101 cm³/mol. The van der Waals surface area contributed by atoms with Gasteiger partial charge in [-0.15, -0.1) is 11.3 Å². The molecule has 2 amide bonds. The van der Waals surface area contributed by atoms with Crippen LogP contribution in [0, 0.1) is 0 Å². The Bertz CT molecular complexity index is 952. The average Bonchev–Trinajstić information content (AvgIpc) is 3.27. The van der Waals surface area contributed by atoms with Crippen molar-refractivity contribution in [3.8, 4) is 10.6 Å². The Labute approximate surface area is 155 Å². The SMILES string of the molecule is O=C(C[C@H]1NC(=O)c2ccccc21)NCc1cnc(-c2ccccc2)s1. The molecule has 0 radical (unpaired) electrons. The number of nitrogens with one attached hydrogen (secondary N) is 2. The summed E-state index contributed by atoms with van der Waals surface area (Å²) in [5.41, 5.74) is 2.61. The molecule has 2 N–H and O–H groups in total. The van der Waals surface area contributed by atoms with Gasteiger partial charge in [0.25, 0.3) is 5.91 Å². The Morgan fingerprint density at radius 2 is 1.88 bits per heavy atom.